The molecule has 2 atom stereocenters. The fraction of sp³-hybridized carbons (Fsp3) is 1.00. The van der Waals surface area contributed by atoms with Gasteiger partial charge in [-0.2, -0.15) is 158 Å². The molecule has 0 fully saturated rings. The van der Waals surface area contributed by atoms with Crippen LogP contribution >= 0.6 is 31.9 Å². The van der Waals surface area contributed by atoms with Crippen LogP contribution in [0, 0.1) is 0 Å². The smallest absolute Gasteiger partial charge is 0.245 e. The zero-order chi connectivity index (χ0) is 52.7. The third kappa shape index (κ3) is 7.36. The predicted octanol–water partition coefficient (Wildman–Crippen LogP) is 14.3. The summed E-state index contributed by atoms with van der Waals surface area (Å²) in [6.07, 6.45) is -53.8. The minimum absolute atomic E-state index is 0.396. The SMILES string of the molecule is FC(F)(F)C(F)(C(F)(F)F)C(F)(Br)C(F)(F)C(F)(F)C(F)(F)C(F)(F)C(F)(F)C(F)(F)OC(F)(F)C(F)(F)C(F)(F)C(F)(F)C(F)(F)C(F)(F)C(F)(Br)C(F)(C(F)(F)F)C(F)(F)F. The summed E-state index contributed by atoms with van der Waals surface area (Å²) in [5.41, 5.74) is -17.8. The highest BCUT2D eigenvalue weighted by Gasteiger charge is 3.01. The summed E-state index contributed by atoms with van der Waals surface area (Å²) >= 11 is -1.13. The number of hydrogen-bond donors (Lipinski definition) is 0. The molecule has 0 aliphatic carbocycles. The molecule has 0 spiro atoms. The Labute approximate surface area is 329 Å². The average molecular weight is 1180 g/mol. The van der Waals surface area contributed by atoms with Gasteiger partial charge in [-0.25, -0.2) is 22.3 Å². The van der Waals surface area contributed by atoms with Crippen LogP contribution in [-0.4, -0.2) is 117 Å². The van der Waals surface area contributed by atoms with Crippen LogP contribution in [0.4, 0.5) is 176 Å². The Bertz CT molecular complexity index is 1500. The molecule has 63 heavy (non-hydrogen) atoms. The van der Waals surface area contributed by atoms with Gasteiger partial charge < -0.3 is 0 Å². The van der Waals surface area contributed by atoms with E-state index in [1.165, 1.54) is 0 Å². The van der Waals surface area contributed by atoms with Crippen molar-refractivity contribution in [3.05, 3.63) is 0 Å². The van der Waals surface area contributed by atoms with E-state index in [2.05, 4.69) is 0 Å². The fourth-order valence-corrected chi connectivity index (χ4v) is 5.10. The molecule has 0 bridgehead atoms. The van der Waals surface area contributed by atoms with Gasteiger partial charge in [0, 0.05) is 0 Å². The average Bonchev–Trinajstić information content (AvgIpc) is 2.99. The summed E-state index contributed by atoms with van der Waals surface area (Å²) in [6, 6.07) is 0. The Hall–Kier alpha value is -1.88. The largest absolute Gasteiger partial charge is 0.436 e. The maximum atomic E-state index is 14.2. The van der Waals surface area contributed by atoms with Crippen molar-refractivity contribution in [1.29, 1.82) is 0 Å². The number of halogens is 42. The lowest BCUT2D eigenvalue weighted by Gasteiger charge is -2.47. The summed E-state index contributed by atoms with van der Waals surface area (Å²) in [4.78, 5) is 0. The van der Waals surface area contributed by atoms with Crippen molar-refractivity contribution in [2.24, 2.45) is 0 Å². The Kier molecular flexibility index (Phi) is 14.4. The van der Waals surface area contributed by atoms with E-state index in [-0.39, 0.29) is 0 Å². The maximum Gasteiger partial charge on any atom is 0.436 e. The van der Waals surface area contributed by atoms with Crippen molar-refractivity contribution in [3.8, 4) is 0 Å². The van der Waals surface area contributed by atoms with Crippen molar-refractivity contribution in [1.82, 2.24) is 0 Å². The van der Waals surface area contributed by atoms with E-state index in [0.29, 0.717) is 4.74 Å². The second-order valence-corrected chi connectivity index (χ2v) is 13.5. The standard InChI is InChI=1S/C20Br2F40O/c21-3(25,1(23,15(47,48)49)16(50,51)52)5(27,28)7(31,32)9(35,36)11(39,40)13(43,44)19(59,60)63-20(61,62)14(45,46)12(41,42)10(37,38)8(33,34)6(29,30)4(22,26)2(24,17(53,54)55)18(56,57)58. The van der Waals surface area contributed by atoms with Gasteiger partial charge in [-0.3, -0.25) is 0 Å². The van der Waals surface area contributed by atoms with Crippen LogP contribution in [0.25, 0.3) is 0 Å². The van der Waals surface area contributed by atoms with Gasteiger partial charge in [0.05, 0.1) is 0 Å². The van der Waals surface area contributed by atoms with Crippen molar-refractivity contribution in [3.63, 3.8) is 0 Å². The molecular formula is C20Br2F40O. The highest BCUT2D eigenvalue weighted by molar-refractivity contribution is 9.10. The summed E-state index contributed by atoms with van der Waals surface area (Å²) in [7, 11) is 0. The first kappa shape index (κ1) is 61.1. The van der Waals surface area contributed by atoms with Gasteiger partial charge in [0.1, 0.15) is 0 Å². The zero-order valence-electron chi connectivity index (χ0n) is 26.3. The van der Waals surface area contributed by atoms with Crippen LogP contribution in [0.3, 0.4) is 0 Å². The topological polar surface area (TPSA) is 9.23 Å². The lowest BCUT2D eigenvalue weighted by molar-refractivity contribution is -0.527. The van der Waals surface area contributed by atoms with Gasteiger partial charge in [-0.1, -0.05) is 0 Å². The lowest BCUT2D eigenvalue weighted by atomic mass is 9.85. The highest BCUT2D eigenvalue weighted by Crippen LogP contribution is 2.71. The van der Waals surface area contributed by atoms with Crippen LogP contribution in [0.5, 0.6) is 0 Å². The van der Waals surface area contributed by atoms with Crippen LogP contribution in [0.2, 0.25) is 0 Å². The molecule has 0 amide bonds. The summed E-state index contributed by atoms with van der Waals surface area (Å²) in [5, 5.41) is 0. The van der Waals surface area contributed by atoms with E-state index >= 15 is 0 Å². The molecular weight excluding hydrogens is 1180 g/mol. The van der Waals surface area contributed by atoms with Gasteiger partial charge >= 0.3 is 107 Å². The van der Waals surface area contributed by atoms with Gasteiger partial charge in [-0.05, 0) is 31.9 Å². The van der Waals surface area contributed by atoms with Crippen molar-refractivity contribution in [2.75, 3.05) is 0 Å². The number of ether oxygens (including phenoxy) is 1. The highest BCUT2D eigenvalue weighted by atomic mass is 79.9. The van der Waals surface area contributed by atoms with E-state index in [0.717, 1.165) is 0 Å². The molecule has 0 N–H and O–H groups in total. The van der Waals surface area contributed by atoms with Crippen LogP contribution < -0.4 is 0 Å². The quantitative estimate of drug-likeness (QED) is 0.111. The van der Waals surface area contributed by atoms with Gasteiger partial charge in [0.2, 0.25) is 0 Å². The summed E-state index contributed by atoms with van der Waals surface area (Å²) in [6.45, 7) is 0. The Balaban J connectivity index is 7.80. The third-order valence-electron chi connectivity index (χ3n) is 7.36. The van der Waals surface area contributed by atoms with Gasteiger partial charge in [-0.15, -0.1) is 0 Å². The van der Waals surface area contributed by atoms with Crippen LogP contribution in [0.1, 0.15) is 0 Å². The molecule has 0 aromatic heterocycles. The zero-order valence-corrected chi connectivity index (χ0v) is 29.5. The van der Waals surface area contributed by atoms with E-state index in [4.69, 9.17) is 0 Å². The predicted molar refractivity (Wildman–Crippen MR) is 118 cm³/mol. The van der Waals surface area contributed by atoms with Crippen molar-refractivity contribution in [2.45, 2.75) is 117 Å². The van der Waals surface area contributed by atoms with E-state index in [1.807, 2.05) is 0 Å². The molecule has 43 heteroatoms. The molecule has 0 saturated heterocycles. The second-order valence-electron chi connectivity index (χ2n) is 11.3. The second kappa shape index (κ2) is 14.8. The molecule has 1 nitrogen and oxygen atoms in total. The van der Waals surface area contributed by atoms with Gasteiger partial charge in [0.15, 0.2) is 0 Å². The fourth-order valence-electron chi connectivity index (χ4n) is 3.70. The van der Waals surface area contributed by atoms with Crippen LogP contribution in [0.15, 0.2) is 0 Å². The molecule has 0 aliphatic heterocycles. The first-order valence-corrected chi connectivity index (χ1v) is 14.4. The van der Waals surface area contributed by atoms with Gasteiger partial charge in [0.25, 0.3) is 9.16 Å². The van der Waals surface area contributed by atoms with E-state index in [1.54, 1.807) is 0 Å². The molecule has 0 saturated carbocycles. The van der Waals surface area contributed by atoms with E-state index < -0.39 is 149 Å². The van der Waals surface area contributed by atoms with E-state index in [9.17, 15) is 176 Å². The summed E-state index contributed by atoms with van der Waals surface area (Å²) < 4.78 is 526. The molecule has 0 aliphatic rings. The Morgan fingerprint density at radius 2 is 0.317 bits per heavy atom. The number of alkyl halides is 42. The van der Waals surface area contributed by atoms with Crippen molar-refractivity contribution >= 4 is 31.9 Å². The molecule has 0 heterocycles. The molecule has 380 valence electrons. The first-order chi connectivity index (χ1) is 26.2. The minimum Gasteiger partial charge on any atom is -0.245 e. The normalized spacial score (nSPS) is 19.0. The summed E-state index contributed by atoms with van der Waals surface area (Å²) in [5.74, 6) is -99.0. The molecule has 0 aromatic rings. The number of rotatable bonds is 16. The molecule has 0 radical (unpaired) electrons. The Morgan fingerprint density at radius 1 is 0.190 bits per heavy atom. The first-order valence-electron chi connectivity index (χ1n) is 12.8. The lowest BCUT2D eigenvalue weighted by Crippen LogP contribution is -2.79. The minimum atomic E-state index is -10.1. The maximum absolute atomic E-state index is 14.2. The molecule has 0 rings (SSSR count). The van der Waals surface area contributed by atoms with Crippen LogP contribution in [-0.2, 0) is 4.74 Å². The Morgan fingerprint density at radius 3 is 0.460 bits per heavy atom. The third-order valence-corrected chi connectivity index (χ3v) is 9.45. The molecule has 0 aromatic carbocycles. The monoisotopic (exact) mass is 1170 g/mol. The van der Waals surface area contributed by atoms with Crippen molar-refractivity contribution < 1.29 is 180 Å². The molecule has 2 unspecified atom stereocenters. The number of hydrogen-bond acceptors (Lipinski definition) is 1.